The van der Waals surface area contributed by atoms with Gasteiger partial charge in [-0.15, -0.1) is 5.73 Å². The predicted molar refractivity (Wildman–Crippen MR) is 43.4 cm³/mol. The van der Waals surface area contributed by atoms with E-state index in [4.69, 9.17) is 0 Å². The van der Waals surface area contributed by atoms with E-state index in [2.05, 4.69) is 30.6 Å². The average molecular weight is 130 g/mol. The van der Waals surface area contributed by atoms with Gasteiger partial charge in [0.1, 0.15) is 0 Å². The number of hydrogen-bond acceptors (Lipinski definition) is 0. The average Bonchev–Trinajstić information content (AvgIpc) is 2.02. The van der Waals surface area contributed by atoms with Gasteiger partial charge in [0.05, 0.1) is 0 Å². The molecule has 0 unspecified atom stereocenters. The zero-order chi connectivity index (χ0) is 7.23. The Morgan fingerprint density at radius 2 is 2.40 bits per heavy atom. The van der Waals surface area contributed by atoms with Gasteiger partial charge in [-0.1, -0.05) is 23.5 Å². The zero-order valence-electron chi connectivity index (χ0n) is 6.15. The molecule has 1 aliphatic rings. The second-order valence-electron chi connectivity index (χ2n) is 2.31. The molecule has 0 saturated heterocycles. The van der Waals surface area contributed by atoms with Gasteiger partial charge < -0.3 is 0 Å². The van der Waals surface area contributed by atoms with Crippen LogP contribution in [0.15, 0.2) is 29.5 Å². The fourth-order valence-corrected chi connectivity index (χ4v) is 0.746. The molecule has 50 valence electrons. The minimum absolute atomic E-state index is 0.967. The summed E-state index contributed by atoms with van der Waals surface area (Å²) in [6.45, 7) is 2.12. The van der Waals surface area contributed by atoms with E-state index in [1.54, 1.807) is 6.08 Å². The van der Waals surface area contributed by atoms with E-state index in [0.717, 1.165) is 12.8 Å². The highest BCUT2D eigenvalue weighted by atomic mass is 13.9. The molecule has 0 N–H and O–H groups in total. The molecule has 1 rings (SSSR count). The first kappa shape index (κ1) is 6.93. The fourth-order valence-electron chi connectivity index (χ4n) is 0.746. The highest BCUT2D eigenvalue weighted by Crippen LogP contribution is 2.02. The van der Waals surface area contributed by atoms with Gasteiger partial charge in [0, 0.05) is 12.5 Å². The highest BCUT2D eigenvalue weighted by Gasteiger charge is 1.85. The predicted octanol–water partition coefficient (Wildman–Crippen LogP) is 2.44. The van der Waals surface area contributed by atoms with Crippen molar-refractivity contribution in [3.05, 3.63) is 29.5 Å². The lowest BCUT2D eigenvalue weighted by Crippen LogP contribution is -1.73. The minimum Gasteiger partial charge on any atom is -0.112 e. The van der Waals surface area contributed by atoms with Crippen molar-refractivity contribution in [2.24, 2.45) is 0 Å². The molecular formula is C10H10. The van der Waals surface area contributed by atoms with Crippen molar-refractivity contribution < 1.29 is 0 Å². The lowest BCUT2D eigenvalue weighted by atomic mass is 10.1. The Morgan fingerprint density at radius 3 is 3.30 bits per heavy atom. The molecule has 0 aromatic rings. The molecule has 0 fully saturated rings. The Morgan fingerprint density at radius 1 is 1.50 bits per heavy atom. The van der Waals surface area contributed by atoms with Gasteiger partial charge in [-0.2, -0.15) is 0 Å². The molecule has 0 saturated carbocycles. The molecule has 0 radical (unpaired) electrons. The molecule has 0 amide bonds. The summed E-state index contributed by atoms with van der Waals surface area (Å²) < 4.78 is 0. The van der Waals surface area contributed by atoms with Gasteiger partial charge in [0.25, 0.3) is 0 Å². The molecule has 0 aromatic heterocycles. The largest absolute Gasteiger partial charge is 0.112 e. The van der Waals surface area contributed by atoms with E-state index in [1.165, 1.54) is 5.57 Å². The molecule has 10 heavy (non-hydrogen) atoms. The summed E-state index contributed by atoms with van der Waals surface area (Å²) in [7, 11) is 0. The van der Waals surface area contributed by atoms with Gasteiger partial charge in [-0.25, -0.2) is 0 Å². The van der Waals surface area contributed by atoms with Crippen LogP contribution in [0.2, 0.25) is 0 Å². The summed E-state index contributed by atoms with van der Waals surface area (Å²) in [4.78, 5) is 0. The molecule has 0 heterocycles. The molecule has 0 bridgehead atoms. The summed E-state index contributed by atoms with van der Waals surface area (Å²) >= 11 is 0. The number of rotatable bonds is 0. The van der Waals surface area contributed by atoms with Crippen LogP contribution in [0.5, 0.6) is 0 Å². The van der Waals surface area contributed by atoms with Crippen LogP contribution in [0.3, 0.4) is 0 Å². The van der Waals surface area contributed by atoms with Crippen molar-refractivity contribution >= 4 is 0 Å². The lowest BCUT2D eigenvalue weighted by molar-refractivity contribution is 1.00. The topological polar surface area (TPSA) is 0 Å². The van der Waals surface area contributed by atoms with E-state index in [1.807, 2.05) is 6.08 Å². The zero-order valence-corrected chi connectivity index (χ0v) is 6.15. The molecule has 0 heteroatoms. The van der Waals surface area contributed by atoms with Crippen LogP contribution in [0.25, 0.3) is 0 Å². The van der Waals surface area contributed by atoms with Crippen LogP contribution in [0.4, 0.5) is 0 Å². The Bertz CT molecular complexity index is 249. The highest BCUT2D eigenvalue weighted by molar-refractivity contribution is 5.21. The van der Waals surface area contributed by atoms with Gasteiger partial charge in [0.2, 0.25) is 0 Å². The van der Waals surface area contributed by atoms with E-state index < -0.39 is 0 Å². The fraction of sp³-hybridized carbons (Fsp3) is 0.300. The number of hydrogen-bond donors (Lipinski definition) is 0. The molecule has 0 spiro atoms. The molecule has 0 aliphatic heterocycles. The Labute approximate surface area is 61.9 Å². The second-order valence-corrected chi connectivity index (χ2v) is 2.31. The SMILES string of the molecule is C/C1=C/C=C=CC#CCC1. The van der Waals surface area contributed by atoms with Crippen LogP contribution in [-0.2, 0) is 0 Å². The molecule has 0 aromatic carbocycles. The molecule has 1 aliphatic carbocycles. The van der Waals surface area contributed by atoms with Crippen LogP contribution in [0.1, 0.15) is 19.8 Å². The molecule has 0 nitrogen and oxygen atoms in total. The van der Waals surface area contributed by atoms with Crippen molar-refractivity contribution in [2.45, 2.75) is 19.8 Å². The van der Waals surface area contributed by atoms with Crippen LogP contribution in [-0.4, -0.2) is 0 Å². The van der Waals surface area contributed by atoms with Gasteiger partial charge >= 0.3 is 0 Å². The van der Waals surface area contributed by atoms with Crippen molar-refractivity contribution in [3.8, 4) is 11.8 Å². The van der Waals surface area contributed by atoms with E-state index >= 15 is 0 Å². The molecular weight excluding hydrogens is 120 g/mol. The standard InChI is InChI=1S/C10H10/c1-10-8-6-4-2-3-5-7-9-10/h2,6,8H,7,9H2,1H3/b10-8-. The third-order valence-electron chi connectivity index (χ3n) is 1.37. The van der Waals surface area contributed by atoms with Crippen LogP contribution < -0.4 is 0 Å². The van der Waals surface area contributed by atoms with Crippen molar-refractivity contribution in [2.75, 3.05) is 0 Å². The Kier molecular flexibility index (Phi) is 2.62. The first-order chi connectivity index (χ1) is 4.89. The second kappa shape index (κ2) is 3.77. The number of allylic oxidation sites excluding steroid dienone is 3. The normalized spacial score (nSPS) is 21.1. The maximum atomic E-state index is 3.03. The van der Waals surface area contributed by atoms with E-state index in [0.29, 0.717) is 0 Å². The third kappa shape index (κ3) is 2.40. The van der Waals surface area contributed by atoms with E-state index in [-0.39, 0.29) is 0 Å². The first-order valence-corrected chi connectivity index (χ1v) is 3.45. The summed E-state index contributed by atoms with van der Waals surface area (Å²) in [5.74, 6) is 5.93. The maximum absolute atomic E-state index is 3.03. The summed E-state index contributed by atoms with van der Waals surface area (Å²) in [6, 6.07) is 0. The third-order valence-corrected chi connectivity index (χ3v) is 1.37. The summed E-state index contributed by atoms with van der Waals surface area (Å²) in [5, 5.41) is 0. The van der Waals surface area contributed by atoms with Crippen molar-refractivity contribution in [3.63, 3.8) is 0 Å². The minimum atomic E-state index is 0.967. The van der Waals surface area contributed by atoms with Crippen molar-refractivity contribution in [1.29, 1.82) is 0 Å². The Hall–Kier alpha value is -1.18. The van der Waals surface area contributed by atoms with Crippen molar-refractivity contribution in [1.82, 2.24) is 0 Å². The quantitative estimate of drug-likeness (QED) is 0.349. The maximum Gasteiger partial charge on any atom is 0.0301 e. The summed E-state index contributed by atoms with van der Waals surface area (Å²) in [5.41, 5.74) is 4.33. The van der Waals surface area contributed by atoms with E-state index in [9.17, 15) is 0 Å². The lowest BCUT2D eigenvalue weighted by Gasteiger charge is -1.91. The smallest absolute Gasteiger partial charge is 0.0301 e. The Balaban J connectivity index is 2.77. The van der Waals surface area contributed by atoms with Crippen LogP contribution in [0, 0.1) is 11.8 Å². The van der Waals surface area contributed by atoms with Gasteiger partial charge in [-0.3, -0.25) is 0 Å². The van der Waals surface area contributed by atoms with Crippen LogP contribution >= 0.6 is 0 Å². The molecule has 0 atom stereocenters. The van der Waals surface area contributed by atoms with Gasteiger partial charge in [-0.05, 0) is 19.4 Å². The van der Waals surface area contributed by atoms with Gasteiger partial charge in [0.15, 0.2) is 0 Å². The first-order valence-electron chi connectivity index (χ1n) is 3.45. The monoisotopic (exact) mass is 130 g/mol. The summed E-state index contributed by atoms with van der Waals surface area (Å²) in [6.07, 6.45) is 7.79.